The zero-order valence-corrected chi connectivity index (χ0v) is 11.4. The lowest BCUT2D eigenvalue weighted by Gasteiger charge is -2.21. The maximum atomic E-state index is 4.36. The molecule has 0 fully saturated rings. The second-order valence-electron chi connectivity index (χ2n) is 4.49. The molecule has 17 heavy (non-hydrogen) atoms. The fourth-order valence-electron chi connectivity index (χ4n) is 1.73. The van der Waals surface area contributed by atoms with Gasteiger partial charge in [0, 0.05) is 23.7 Å². The summed E-state index contributed by atoms with van der Waals surface area (Å²) in [7, 11) is 0. The Balaban J connectivity index is 1.89. The third kappa shape index (κ3) is 3.17. The molecule has 4 heteroatoms. The normalized spacial score (nSPS) is 14.8. The molecule has 0 aromatic carbocycles. The van der Waals surface area contributed by atoms with Gasteiger partial charge in [0.1, 0.15) is 0 Å². The van der Waals surface area contributed by atoms with Crippen molar-refractivity contribution in [2.24, 2.45) is 0 Å². The molecule has 2 aromatic heterocycles. The first kappa shape index (κ1) is 12.3. The Kier molecular flexibility index (Phi) is 3.97. The largest absolute Gasteiger partial charge is 0.307 e. The van der Waals surface area contributed by atoms with Gasteiger partial charge in [-0.25, -0.2) is 0 Å². The molecular weight excluding hydrogens is 230 g/mol. The average molecular weight is 249 g/mol. The number of hydrogen-bond donors (Lipinski definition) is 1. The molecule has 0 radical (unpaired) electrons. The average Bonchev–Trinajstić information content (AvgIpc) is 2.95. The number of nitrogens with zero attached hydrogens (tertiary/aromatic N) is 2. The monoisotopic (exact) mass is 249 g/mol. The topological polar surface area (TPSA) is 29.9 Å². The highest BCUT2D eigenvalue weighted by molar-refractivity contribution is 7.09. The first-order valence-electron chi connectivity index (χ1n) is 5.93. The van der Waals surface area contributed by atoms with Crippen molar-refractivity contribution < 1.29 is 0 Å². The van der Waals surface area contributed by atoms with Gasteiger partial charge >= 0.3 is 0 Å². The van der Waals surface area contributed by atoms with E-state index in [0.717, 1.165) is 6.54 Å². The number of aromatic nitrogens is 2. The quantitative estimate of drug-likeness (QED) is 0.883. The SMILES string of the molecule is Cc1cnn(C(C)C(C)NCc2cccs2)c1. The number of hydrogen-bond acceptors (Lipinski definition) is 3. The molecule has 2 aromatic rings. The first-order valence-corrected chi connectivity index (χ1v) is 6.81. The summed E-state index contributed by atoms with van der Waals surface area (Å²) in [6, 6.07) is 5.01. The molecule has 0 aliphatic heterocycles. The summed E-state index contributed by atoms with van der Waals surface area (Å²) in [6.07, 6.45) is 4.00. The summed E-state index contributed by atoms with van der Waals surface area (Å²) in [5, 5.41) is 10.0. The lowest BCUT2D eigenvalue weighted by Crippen LogP contribution is -2.33. The standard InChI is InChI=1S/C13H19N3S/c1-10-7-15-16(9-10)12(3)11(2)14-8-13-5-4-6-17-13/h4-7,9,11-12,14H,8H2,1-3H3. The van der Waals surface area contributed by atoms with Gasteiger partial charge < -0.3 is 5.32 Å². The van der Waals surface area contributed by atoms with Gasteiger partial charge in [0.2, 0.25) is 0 Å². The molecule has 2 rings (SSSR count). The second-order valence-corrected chi connectivity index (χ2v) is 5.52. The molecule has 0 bridgehead atoms. The van der Waals surface area contributed by atoms with E-state index in [9.17, 15) is 0 Å². The smallest absolute Gasteiger partial charge is 0.0641 e. The molecule has 0 aliphatic rings. The summed E-state index contributed by atoms with van der Waals surface area (Å²) in [6.45, 7) is 7.40. The Labute approximate surface area is 106 Å². The van der Waals surface area contributed by atoms with E-state index in [0.29, 0.717) is 12.1 Å². The fourth-order valence-corrected chi connectivity index (χ4v) is 2.39. The van der Waals surface area contributed by atoms with Crippen molar-refractivity contribution in [1.82, 2.24) is 15.1 Å². The Morgan fingerprint density at radius 3 is 2.88 bits per heavy atom. The van der Waals surface area contributed by atoms with Gasteiger partial charge in [-0.05, 0) is 37.8 Å². The van der Waals surface area contributed by atoms with Crippen LogP contribution < -0.4 is 5.32 Å². The maximum Gasteiger partial charge on any atom is 0.0641 e. The van der Waals surface area contributed by atoms with Crippen LogP contribution >= 0.6 is 11.3 Å². The summed E-state index contributed by atoms with van der Waals surface area (Å²) in [4.78, 5) is 1.38. The summed E-state index contributed by atoms with van der Waals surface area (Å²) in [5.41, 5.74) is 1.21. The second kappa shape index (κ2) is 5.47. The van der Waals surface area contributed by atoms with E-state index in [2.05, 4.69) is 54.9 Å². The highest BCUT2D eigenvalue weighted by atomic mass is 32.1. The predicted molar refractivity (Wildman–Crippen MR) is 72.3 cm³/mol. The molecule has 0 saturated carbocycles. The molecule has 3 nitrogen and oxygen atoms in total. The van der Waals surface area contributed by atoms with Crippen LogP contribution in [-0.4, -0.2) is 15.8 Å². The lowest BCUT2D eigenvalue weighted by atomic mass is 10.1. The first-order chi connectivity index (χ1) is 8.16. The molecule has 0 aliphatic carbocycles. The molecule has 1 N–H and O–H groups in total. The van der Waals surface area contributed by atoms with E-state index in [4.69, 9.17) is 0 Å². The minimum Gasteiger partial charge on any atom is -0.307 e. The molecule has 2 atom stereocenters. The third-order valence-corrected chi connectivity index (χ3v) is 3.93. The van der Waals surface area contributed by atoms with Gasteiger partial charge in [-0.3, -0.25) is 4.68 Å². The highest BCUT2D eigenvalue weighted by Gasteiger charge is 2.14. The number of rotatable bonds is 5. The minimum absolute atomic E-state index is 0.365. The number of aryl methyl sites for hydroxylation is 1. The Morgan fingerprint density at radius 1 is 1.47 bits per heavy atom. The zero-order chi connectivity index (χ0) is 12.3. The molecule has 92 valence electrons. The van der Waals surface area contributed by atoms with Crippen LogP contribution in [0, 0.1) is 6.92 Å². The fraction of sp³-hybridized carbons (Fsp3) is 0.462. The van der Waals surface area contributed by atoms with Gasteiger partial charge in [0.25, 0.3) is 0 Å². The molecular formula is C13H19N3S. The van der Waals surface area contributed by atoms with Gasteiger partial charge in [0.05, 0.1) is 12.2 Å². The number of nitrogens with one attached hydrogen (secondary N) is 1. The van der Waals surface area contributed by atoms with Crippen LogP contribution in [0.5, 0.6) is 0 Å². The van der Waals surface area contributed by atoms with E-state index >= 15 is 0 Å². The van der Waals surface area contributed by atoms with Gasteiger partial charge in [-0.1, -0.05) is 6.07 Å². The van der Waals surface area contributed by atoms with Crippen molar-refractivity contribution in [1.29, 1.82) is 0 Å². The van der Waals surface area contributed by atoms with E-state index in [1.165, 1.54) is 10.4 Å². The summed E-state index contributed by atoms with van der Waals surface area (Å²) >= 11 is 1.79. The minimum atomic E-state index is 0.365. The Hall–Kier alpha value is -1.13. The molecule has 0 saturated heterocycles. The maximum absolute atomic E-state index is 4.36. The van der Waals surface area contributed by atoms with Crippen LogP contribution in [0.15, 0.2) is 29.9 Å². The van der Waals surface area contributed by atoms with Crippen LogP contribution in [0.1, 0.15) is 30.3 Å². The van der Waals surface area contributed by atoms with Crippen molar-refractivity contribution in [2.75, 3.05) is 0 Å². The van der Waals surface area contributed by atoms with E-state index in [1.807, 2.05) is 10.9 Å². The van der Waals surface area contributed by atoms with Gasteiger partial charge in [0.15, 0.2) is 0 Å². The molecule has 2 heterocycles. The van der Waals surface area contributed by atoms with Crippen LogP contribution in [0.2, 0.25) is 0 Å². The predicted octanol–water partition coefficient (Wildman–Crippen LogP) is 2.99. The lowest BCUT2D eigenvalue weighted by molar-refractivity contribution is 0.366. The van der Waals surface area contributed by atoms with Crippen LogP contribution in [0.3, 0.4) is 0 Å². The van der Waals surface area contributed by atoms with E-state index in [1.54, 1.807) is 11.3 Å². The van der Waals surface area contributed by atoms with Crippen LogP contribution in [-0.2, 0) is 6.54 Å². The zero-order valence-electron chi connectivity index (χ0n) is 10.6. The van der Waals surface area contributed by atoms with Crippen molar-refractivity contribution in [3.8, 4) is 0 Å². The van der Waals surface area contributed by atoms with Gasteiger partial charge in [-0.2, -0.15) is 5.10 Å². The summed E-state index contributed by atoms with van der Waals surface area (Å²) < 4.78 is 2.03. The highest BCUT2D eigenvalue weighted by Crippen LogP contribution is 2.13. The van der Waals surface area contributed by atoms with E-state index in [-0.39, 0.29) is 0 Å². The van der Waals surface area contributed by atoms with Gasteiger partial charge in [-0.15, -0.1) is 11.3 Å². The van der Waals surface area contributed by atoms with E-state index < -0.39 is 0 Å². The Morgan fingerprint density at radius 2 is 2.29 bits per heavy atom. The third-order valence-electron chi connectivity index (χ3n) is 3.05. The van der Waals surface area contributed by atoms with Crippen molar-refractivity contribution in [3.63, 3.8) is 0 Å². The van der Waals surface area contributed by atoms with Crippen LogP contribution in [0.25, 0.3) is 0 Å². The Bertz CT molecular complexity index is 447. The summed E-state index contributed by atoms with van der Waals surface area (Å²) in [5.74, 6) is 0. The molecule has 2 unspecified atom stereocenters. The van der Waals surface area contributed by atoms with Crippen molar-refractivity contribution in [3.05, 3.63) is 40.3 Å². The van der Waals surface area contributed by atoms with Crippen molar-refractivity contribution >= 4 is 11.3 Å². The molecule has 0 amide bonds. The van der Waals surface area contributed by atoms with Crippen molar-refractivity contribution in [2.45, 2.75) is 39.4 Å². The van der Waals surface area contributed by atoms with Crippen LogP contribution in [0.4, 0.5) is 0 Å². The number of thiophene rings is 1. The molecule has 0 spiro atoms.